The summed E-state index contributed by atoms with van der Waals surface area (Å²) in [5, 5.41) is 0. The van der Waals surface area contributed by atoms with Gasteiger partial charge in [0, 0.05) is 17.5 Å². The second-order valence-electron chi connectivity index (χ2n) is 4.48. The van der Waals surface area contributed by atoms with E-state index in [1.165, 1.54) is 0 Å². The zero-order chi connectivity index (χ0) is 13.2. The fourth-order valence-electron chi connectivity index (χ4n) is 2.24. The molecule has 0 saturated carbocycles. The Morgan fingerprint density at radius 1 is 1.11 bits per heavy atom. The smallest absolute Gasteiger partial charge is 0.193 e. The lowest BCUT2D eigenvalue weighted by Gasteiger charge is -2.05. The molecule has 0 aliphatic carbocycles. The highest BCUT2D eigenvalue weighted by Crippen LogP contribution is 2.27. The summed E-state index contributed by atoms with van der Waals surface area (Å²) in [5.41, 5.74) is 2.48. The number of ketones is 1. The van der Waals surface area contributed by atoms with Crippen molar-refractivity contribution in [3.05, 3.63) is 59.2 Å². The number of carbonyl (C=O) groups excluding carboxylic acids is 1. The first-order valence-electron chi connectivity index (χ1n) is 6.22. The molecule has 1 aliphatic rings. The van der Waals surface area contributed by atoms with Gasteiger partial charge in [-0.1, -0.05) is 0 Å². The molecule has 0 amide bonds. The standard InChI is InChI=1S/C16H14O3/c1-18-14-5-2-11(3-6-14)16(17)13-4-7-15-12(10-13)8-9-19-15/h2-7,10H,8-9H2,1H3. The highest BCUT2D eigenvalue weighted by atomic mass is 16.5. The summed E-state index contributed by atoms with van der Waals surface area (Å²) in [4.78, 5) is 12.4. The number of carbonyl (C=O) groups is 1. The number of rotatable bonds is 3. The summed E-state index contributed by atoms with van der Waals surface area (Å²) in [5.74, 6) is 1.67. The first kappa shape index (κ1) is 11.8. The average Bonchev–Trinajstić information content (AvgIpc) is 2.94. The fourth-order valence-corrected chi connectivity index (χ4v) is 2.24. The van der Waals surface area contributed by atoms with Gasteiger partial charge in [0.05, 0.1) is 13.7 Å². The van der Waals surface area contributed by atoms with Crippen LogP contribution in [-0.2, 0) is 6.42 Å². The van der Waals surface area contributed by atoms with Gasteiger partial charge in [0.25, 0.3) is 0 Å². The van der Waals surface area contributed by atoms with Crippen molar-refractivity contribution < 1.29 is 14.3 Å². The maximum absolute atomic E-state index is 12.4. The molecule has 3 rings (SSSR count). The van der Waals surface area contributed by atoms with Crippen molar-refractivity contribution >= 4 is 5.78 Å². The molecule has 2 aromatic carbocycles. The summed E-state index contributed by atoms with van der Waals surface area (Å²) in [7, 11) is 1.61. The predicted octanol–water partition coefficient (Wildman–Crippen LogP) is 2.86. The van der Waals surface area contributed by atoms with Gasteiger partial charge in [0.15, 0.2) is 5.78 Å². The normalized spacial score (nSPS) is 12.7. The van der Waals surface area contributed by atoms with Crippen LogP contribution in [0.4, 0.5) is 0 Å². The van der Waals surface area contributed by atoms with Crippen LogP contribution in [0, 0.1) is 0 Å². The predicted molar refractivity (Wildman–Crippen MR) is 72.1 cm³/mol. The molecule has 19 heavy (non-hydrogen) atoms. The van der Waals surface area contributed by atoms with E-state index in [0.717, 1.165) is 23.5 Å². The van der Waals surface area contributed by atoms with E-state index in [2.05, 4.69) is 0 Å². The van der Waals surface area contributed by atoms with Crippen molar-refractivity contribution in [3.63, 3.8) is 0 Å². The van der Waals surface area contributed by atoms with E-state index in [0.29, 0.717) is 17.7 Å². The lowest BCUT2D eigenvalue weighted by molar-refractivity contribution is 0.103. The largest absolute Gasteiger partial charge is 0.497 e. The van der Waals surface area contributed by atoms with Gasteiger partial charge >= 0.3 is 0 Å². The van der Waals surface area contributed by atoms with Crippen molar-refractivity contribution in [2.75, 3.05) is 13.7 Å². The van der Waals surface area contributed by atoms with Crippen LogP contribution in [0.3, 0.4) is 0 Å². The van der Waals surface area contributed by atoms with Crippen LogP contribution in [0.15, 0.2) is 42.5 Å². The first-order chi connectivity index (χ1) is 9.28. The third kappa shape index (κ3) is 2.19. The van der Waals surface area contributed by atoms with E-state index in [1.807, 2.05) is 18.2 Å². The molecular weight excluding hydrogens is 240 g/mol. The molecule has 0 saturated heterocycles. The Hall–Kier alpha value is -2.29. The van der Waals surface area contributed by atoms with E-state index in [1.54, 1.807) is 31.4 Å². The van der Waals surface area contributed by atoms with E-state index in [-0.39, 0.29) is 5.78 Å². The number of benzene rings is 2. The molecule has 0 fully saturated rings. The molecule has 1 aliphatic heterocycles. The highest BCUT2D eigenvalue weighted by molar-refractivity contribution is 6.09. The fraction of sp³-hybridized carbons (Fsp3) is 0.188. The zero-order valence-electron chi connectivity index (χ0n) is 10.7. The van der Waals surface area contributed by atoms with Gasteiger partial charge < -0.3 is 9.47 Å². The van der Waals surface area contributed by atoms with Gasteiger partial charge in [-0.15, -0.1) is 0 Å². The van der Waals surface area contributed by atoms with E-state index in [4.69, 9.17) is 9.47 Å². The van der Waals surface area contributed by atoms with Gasteiger partial charge in [0.1, 0.15) is 11.5 Å². The molecule has 0 unspecified atom stereocenters. The van der Waals surface area contributed by atoms with Crippen molar-refractivity contribution in [3.8, 4) is 11.5 Å². The minimum absolute atomic E-state index is 0.0253. The second kappa shape index (κ2) is 4.76. The molecule has 0 radical (unpaired) electrons. The zero-order valence-corrected chi connectivity index (χ0v) is 10.7. The van der Waals surface area contributed by atoms with Crippen LogP contribution in [0.1, 0.15) is 21.5 Å². The Balaban J connectivity index is 1.90. The van der Waals surface area contributed by atoms with Gasteiger partial charge in [-0.2, -0.15) is 0 Å². The monoisotopic (exact) mass is 254 g/mol. The van der Waals surface area contributed by atoms with E-state index >= 15 is 0 Å². The summed E-state index contributed by atoms with van der Waals surface area (Å²) < 4.78 is 10.5. The molecule has 1 heterocycles. The molecule has 0 spiro atoms. The van der Waals surface area contributed by atoms with Crippen LogP contribution < -0.4 is 9.47 Å². The lowest BCUT2D eigenvalue weighted by atomic mass is 10.0. The van der Waals surface area contributed by atoms with Crippen LogP contribution >= 0.6 is 0 Å². The molecule has 96 valence electrons. The Morgan fingerprint density at radius 3 is 2.58 bits per heavy atom. The van der Waals surface area contributed by atoms with Crippen molar-refractivity contribution in [2.24, 2.45) is 0 Å². The van der Waals surface area contributed by atoms with Crippen molar-refractivity contribution in [1.29, 1.82) is 0 Å². The Labute approximate surface area is 111 Å². The van der Waals surface area contributed by atoms with E-state index in [9.17, 15) is 4.79 Å². The van der Waals surface area contributed by atoms with Crippen LogP contribution in [-0.4, -0.2) is 19.5 Å². The maximum Gasteiger partial charge on any atom is 0.193 e. The summed E-state index contributed by atoms with van der Waals surface area (Å²) in [6.45, 7) is 0.704. The lowest BCUT2D eigenvalue weighted by Crippen LogP contribution is -2.01. The molecule has 0 aromatic heterocycles. The van der Waals surface area contributed by atoms with Gasteiger partial charge in [-0.3, -0.25) is 4.79 Å². The van der Waals surface area contributed by atoms with Crippen LogP contribution in [0.5, 0.6) is 11.5 Å². The third-order valence-electron chi connectivity index (χ3n) is 3.30. The topological polar surface area (TPSA) is 35.5 Å². The summed E-state index contributed by atoms with van der Waals surface area (Å²) in [6.07, 6.45) is 0.874. The number of fused-ring (bicyclic) bond motifs is 1. The minimum atomic E-state index is 0.0253. The SMILES string of the molecule is COc1ccc(C(=O)c2ccc3c(c2)CCO3)cc1. The van der Waals surface area contributed by atoms with Crippen LogP contribution in [0.25, 0.3) is 0 Å². The highest BCUT2D eigenvalue weighted by Gasteiger charge is 2.16. The minimum Gasteiger partial charge on any atom is -0.497 e. The summed E-state index contributed by atoms with van der Waals surface area (Å²) in [6, 6.07) is 12.8. The number of hydrogen-bond donors (Lipinski definition) is 0. The molecule has 0 bridgehead atoms. The Kier molecular flexibility index (Phi) is 2.95. The van der Waals surface area contributed by atoms with Crippen LogP contribution in [0.2, 0.25) is 0 Å². The summed E-state index contributed by atoms with van der Waals surface area (Å²) >= 11 is 0. The van der Waals surface area contributed by atoms with Gasteiger partial charge in [-0.25, -0.2) is 0 Å². The Bertz CT molecular complexity index is 614. The number of methoxy groups -OCH3 is 1. The number of hydrogen-bond acceptors (Lipinski definition) is 3. The molecule has 0 atom stereocenters. The second-order valence-corrected chi connectivity index (χ2v) is 4.48. The molecular formula is C16H14O3. The third-order valence-corrected chi connectivity index (χ3v) is 3.30. The van der Waals surface area contributed by atoms with Crippen molar-refractivity contribution in [2.45, 2.75) is 6.42 Å². The average molecular weight is 254 g/mol. The van der Waals surface area contributed by atoms with Gasteiger partial charge in [-0.05, 0) is 48.0 Å². The molecule has 0 N–H and O–H groups in total. The number of ether oxygens (including phenoxy) is 2. The van der Waals surface area contributed by atoms with E-state index < -0.39 is 0 Å². The van der Waals surface area contributed by atoms with Gasteiger partial charge in [0.2, 0.25) is 0 Å². The maximum atomic E-state index is 12.4. The molecule has 2 aromatic rings. The quantitative estimate of drug-likeness (QED) is 0.790. The Morgan fingerprint density at radius 2 is 1.84 bits per heavy atom. The van der Waals surface area contributed by atoms with Crippen molar-refractivity contribution in [1.82, 2.24) is 0 Å². The molecule has 3 heteroatoms. The first-order valence-corrected chi connectivity index (χ1v) is 6.22. The molecule has 3 nitrogen and oxygen atoms in total.